The minimum absolute atomic E-state index is 0.119. The molecule has 0 fully saturated rings. The first-order valence-corrected chi connectivity index (χ1v) is 6.16. The van der Waals surface area contributed by atoms with E-state index >= 15 is 0 Å². The van der Waals surface area contributed by atoms with E-state index in [0.29, 0.717) is 16.6 Å². The molecule has 20 heavy (non-hydrogen) atoms. The number of hydrogen-bond donors (Lipinski definition) is 1. The Morgan fingerprint density at radius 2 is 1.70 bits per heavy atom. The lowest BCUT2D eigenvalue weighted by molar-refractivity contribution is 0.586. The number of rotatable bonds is 2. The van der Waals surface area contributed by atoms with Gasteiger partial charge in [0, 0.05) is 16.8 Å². The number of anilines is 2. The predicted molar refractivity (Wildman–Crippen MR) is 74.2 cm³/mol. The molecule has 2 aromatic carbocycles. The lowest BCUT2D eigenvalue weighted by atomic mass is 10.2. The molecule has 100 valence electrons. The molecule has 0 saturated heterocycles. The number of fused-ring (bicyclic) bond motifs is 1. The average molecular weight is 292 g/mol. The van der Waals surface area contributed by atoms with Crippen molar-refractivity contribution in [3.63, 3.8) is 0 Å². The van der Waals surface area contributed by atoms with Gasteiger partial charge in [0.25, 0.3) is 0 Å². The summed E-state index contributed by atoms with van der Waals surface area (Å²) in [5, 5.41) is 12.2. The standard InChI is InChI=1S/C14H8ClF2N3/c15-13-9-3-1-2-4-10(9)14(20-19-13)18-12-6-5-8(16)7-11(12)17/h1-7H,(H,18,20). The van der Waals surface area contributed by atoms with E-state index in [1.165, 1.54) is 6.07 Å². The van der Waals surface area contributed by atoms with Gasteiger partial charge in [-0.15, -0.1) is 10.2 Å². The van der Waals surface area contributed by atoms with E-state index < -0.39 is 11.6 Å². The van der Waals surface area contributed by atoms with Crippen molar-refractivity contribution >= 4 is 33.9 Å². The molecule has 0 saturated carbocycles. The van der Waals surface area contributed by atoms with Gasteiger partial charge in [-0.25, -0.2) is 8.78 Å². The van der Waals surface area contributed by atoms with Crippen LogP contribution in [0.2, 0.25) is 5.15 Å². The van der Waals surface area contributed by atoms with Crippen LogP contribution in [-0.2, 0) is 0 Å². The molecule has 3 rings (SSSR count). The zero-order valence-electron chi connectivity index (χ0n) is 10.1. The van der Waals surface area contributed by atoms with Crippen LogP contribution in [0.25, 0.3) is 10.8 Å². The molecular weight excluding hydrogens is 284 g/mol. The van der Waals surface area contributed by atoms with Crippen molar-refractivity contribution < 1.29 is 8.78 Å². The zero-order chi connectivity index (χ0) is 14.1. The highest BCUT2D eigenvalue weighted by molar-refractivity contribution is 6.34. The topological polar surface area (TPSA) is 37.8 Å². The first-order valence-electron chi connectivity index (χ1n) is 5.78. The van der Waals surface area contributed by atoms with Crippen LogP contribution in [0.3, 0.4) is 0 Å². The molecule has 0 bridgehead atoms. The van der Waals surface area contributed by atoms with E-state index in [4.69, 9.17) is 11.6 Å². The maximum Gasteiger partial charge on any atom is 0.161 e. The smallest absolute Gasteiger partial charge is 0.161 e. The van der Waals surface area contributed by atoms with Crippen LogP contribution in [0, 0.1) is 11.6 Å². The van der Waals surface area contributed by atoms with Crippen LogP contribution in [-0.4, -0.2) is 10.2 Å². The van der Waals surface area contributed by atoms with Gasteiger partial charge in [0.2, 0.25) is 0 Å². The molecule has 3 nitrogen and oxygen atoms in total. The average Bonchev–Trinajstić information content (AvgIpc) is 2.45. The summed E-state index contributed by atoms with van der Waals surface area (Å²) >= 11 is 5.96. The van der Waals surface area contributed by atoms with Gasteiger partial charge in [-0.1, -0.05) is 35.9 Å². The lowest BCUT2D eigenvalue weighted by Crippen LogP contribution is -1.99. The first-order chi connectivity index (χ1) is 9.65. The normalized spacial score (nSPS) is 10.8. The van der Waals surface area contributed by atoms with Crippen molar-refractivity contribution in [3.8, 4) is 0 Å². The second-order valence-electron chi connectivity index (χ2n) is 4.13. The van der Waals surface area contributed by atoms with Crippen LogP contribution >= 0.6 is 11.6 Å². The van der Waals surface area contributed by atoms with Gasteiger partial charge in [0.05, 0.1) is 5.69 Å². The minimum Gasteiger partial charge on any atom is -0.336 e. The number of benzene rings is 2. The van der Waals surface area contributed by atoms with E-state index in [1.807, 2.05) is 12.1 Å². The summed E-state index contributed by atoms with van der Waals surface area (Å²) in [7, 11) is 0. The molecule has 3 aromatic rings. The Bertz CT molecular complexity index is 792. The molecule has 1 N–H and O–H groups in total. The Balaban J connectivity index is 2.09. The third-order valence-electron chi connectivity index (χ3n) is 2.83. The molecule has 6 heteroatoms. The number of halogens is 3. The van der Waals surface area contributed by atoms with Crippen molar-refractivity contribution in [1.82, 2.24) is 10.2 Å². The SMILES string of the molecule is Fc1ccc(Nc2nnc(Cl)c3ccccc23)c(F)c1. The molecule has 0 spiro atoms. The molecular formula is C14H8ClF2N3. The zero-order valence-corrected chi connectivity index (χ0v) is 10.8. The van der Waals surface area contributed by atoms with Gasteiger partial charge < -0.3 is 5.32 Å². The number of nitrogens with zero attached hydrogens (tertiary/aromatic N) is 2. The first kappa shape index (κ1) is 12.7. The lowest BCUT2D eigenvalue weighted by Gasteiger charge is -2.09. The summed E-state index contributed by atoms with van der Waals surface area (Å²) in [5.41, 5.74) is 0.119. The summed E-state index contributed by atoms with van der Waals surface area (Å²) in [5.74, 6) is -0.985. The molecule has 1 aromatic heterocycles. The Morgan fingerprint density at radius 3 is 2.45 bits per heavy atom. The van der Waals surface area contributed by atoms with Crippen LogP contribution in [0.15, 0.2) is 42.5 Å². The Morgan fingerprint density at radius 1 is 0.950 bits per heavy atom. The highest BCUT2D eigenvalue weighted by Gasteiger charge is 2.10. The monoisotopic (exact) mass is 291 g/mol. The number of nitrogens with one attached hydrogen (secondary N) is 1. The van der Waals surface area contributed by atoms with Crippen molar-refractivity contribution in [3.05, 3.63) is 59.3 Å². The van der Waals surface area contributed by atoms with Crippen molar-refractivity contribution in [1.29, 1.82) is 0 Å². The summed E-state index contributed by atoms with van der Waals surface area (Å²) in [6.07, 6.45) is 0. The van der Waals surface area contributed by atoms with E-state index in [9.17, 15) is 8.78 Å². The molecule has 0 amide bonds. The van der Waals surface area contributed by atoms with Gasteiger partial charge >= 0.3 is 0 Å². The molecule has 0 atom stereocenters. The van der Waals surface area contributed by atoms with Gasteiger partial charge in [-0.05, 0) is 12.1 Å². The Kier molecular flexibility index (Phi) is 3.20. The summed E-state index contributed by atoms with van der Waals surface area (Å²) in [6.45, 7) is 0. The molecule has 0 aliphatic carbocycles. The second-order valence-corrected chi connectivity index (χ2v) is 4.49. The van der Waals surface area contributed by atoms with E-state index in [1.54, 1.807) is 12.1 Å². The van der Waals surface area contributed by atoms with Crippen LogP contribution in [0.1, 0.15) is 0 Å². The van der Waals surface area contributed by atoms with E-state index in [-0.39, 0.29) is 10.8 Å². The maximum atomic E-state index is 13.6. The highest BCUT2D eigenvalue weighted by atomic mass is 35.5. The van der Waals surface area contributed by atoms with Crippen LogP contribution < -0.4 is 5.32 Å². The van der Waals surface area contributed by atoms with Gasteiger partial charge in [0.15, 0.2) is 11.0 Å². The second kappa shape index (κ2) is 5.02. The van der Waals surface area contributed by atoms with Gasteiger partial charge in [-0.2, -0.15) is 0 Å². The Hall–Kier alpha value is -2.27. The molecule has 1 heterocycles. The van der Waals surface area contributed by atoms with Crippen LogP contribution in [0.4, 0.5) is 20.3 Å². The van der Waals surface area contributed by atoms with E-state index in [0.717, 1.165) is 12.1 Å². The predicted octanol–water partition coefficient (Wildman–Crippen LogP) is 4.31. The fraction of sp³-hybridized carbons (Fsp3) is 0. The molecule has 0 aliphatic heterocycles. The maximum absolute atomic E-state index is 13.6. The van der Waals surface area contributed by atoms with Crippen LogP contribution in [0.5, 0.6) is 0 Å². The van der Waals surface area contributed by atoms with Crippen molar-refractivity contribution in [2.75, 3.05) is 5.32 Å². The van der Waals surface area contributed by atoms with Crippen molar-refractivity contribution in [2.45, 2.75) is 0 Å². The third-order valence-corrected chi connectivity index (χ3v) is 3.11. The molecule has 0 aliphatic rings. The highest BCUT2D eigenvalue weighted by Crippen LogP contribution is 2.28. The third kappa shape index (κ3) is 2.28. The molecule has 0 unspecified atom stereocenters. The largest absolute Gasteiger partial charge is 0.336 e. The summed E-state index contributed by atoms with van der Waals surface area (Å²) < 4.78 is 26.5. The number of aromatic nitrogens is 2. The van der Waals surface area contributed by atoms with Gasteiger partial charge in [-0.3, -0.25) is 0 Å². The fourth-order valence-electron chi connectivity index (χ4n) is 1.88. The summed E-state index contributed by atoms with van der Waals surface area (Å²) in [6, 6.07) is 10.5. The minimum atomic E-state index is -0.703. The number of hydrogen-bond acceptors (Lipinski definition) is 3. The van der Waals surface area contributed by atoms with E-state index in [2.05, 4.69) is 15.5 Å². The molecule has 0 radical (unpaired) electrons. The summed E-state index contributed by atoms with van der Waals surface area (Å²) in [4.78, 5) is 0. The Labute approximate surface area is 118 Å². The fourth-order valence-corrected chi connectivity index (χ4v) is 2.08. The van der Waals surface area contributed by atoms with Gasteiger partial charge in [0.1, 0.15) is 11.6 Å². The quantitative estimate of drug-likeness (QED) is 0.765. The van der Waals surface area contributed by atoms with Crippen molar-refractivity contribution in [2.24, 2.45) is 0 Å².